The predicted molar refractivity (Wildman–Crippen MR) is 59.3 cm³/mol. The highest BCUT2D eigenvalue weighted by Gasteiger charge is 2.04. The first kappa shape index (κ1) is 12.4. The van der Waals surface area contributed by atoms with Gasteiger partial charge in [-0.25, -0.2) is 9.78 Å². The second-order valence-electron chi connectivity index (χ2n) is 3.11. The summed E-state index contributed by atoms with van der Waals surface area (Å²) in [6.07, 6.45) is -0.0764. The summed E-state index contributed by atoms with van der Waals surface area (Å²) >= 11 is 1.47. The van der Waals surface area contributed by atoms with Crippen molar-refractivity contribution >= 4 is 23.3 Å². The van der Waals surface area contributed by atoms with Crippen molar-refractivity contribution in [2.75, 3.05) is 6.54 Å². The molecule has 88 valence electrons. The molecule has 0 unspecified atom stereocenters. The van der Waals surface area contributed by atoms with Crippen LogP contribution in [0.4, 0.5) is 4.79 Å². The fourth-order valence-corrected chi connectivity index (χ4v) is 1.72. The van der Waals surface area contributed by atoms with Gasteiger partial charge >= 0.3 is 12.0 Å². The lowest BCUT2D eigenvalue weighted by atomic mass is 10.4. The molecule has 1 aromatic rings. The number of nitrogens with zero attached hydrogens (tertiary/aromatic N) is 1. The zero-order chi connectivity index (χ0) is 12.0. The van der Waals surface area contributed by atoms with E-state index in [0.717, 1.165) is 10.6 Å². The molecule has 2 amide bonds. The van der Waals surface area contributed by atoms with Crippen LogP contribution >= 0.6 is 11.3 Å². The third-order valence-electron chi connectivity index (χ3n) is 1.88. The van der Waals surface area contributed by atoms with E-state index >= 15 is 0 Å². The number of thiazole rings is 1. The number of nitrogens with one attached hydrogen (secondary N) is 2. The number of carbonyl (C=O) groups excluding carboxylic acids is 1. The monoisotopic (exact) mass is 243 g/mol. The molecule has 0 atom stereocenters. The highest BCUT2D eigenvalue weighted by atomic mass is 32.1. The third kappa shape index (κ3) is 4.26. The van der Waals surface area contributed by atoms with Crippen molar-refractivity contribution in [3.8, 4) is 0 Å². The number of urea groups is 1. The molecule has 0 saturated carbocycles. The Morgan fingerprint density at radius 1 is 1.50 bits per heavy atom. The molecule has 0 aliphatic rings. The van der Waals surface area contributed by atoms with E-state index < -0.39 is 5.97 Å². The Labute approximate surface area is 96.7 Å². The van der Waals surface area contributed by atoms with Gasteiger partial charge in [0.15, 0.2) is 0 Å². The van der Waals surface area contributed by atoms with Crippen LogP contribution in [0.3, 0.4) is 0 Å². The first-order valence-electron chi connectivity index (χ1n) is 4.72. The summed E-state index contributed by atoms with van der Waals surface area (Å²) in [6.45, 7) is 2.41. The Kier molecular flexibility index (Phi) is 4.71. The summed E-state index contributed by atoms with van der Waals surface area (Å²) in [5.74, 6) is -0.932. The Bertz CT molecular complexity index is 378. The van der Waals surface area contributed by atoms with E-state index in [9.17, 15) is 9.59 Å². The fourth-order valence-electron chi connectivity index (χ4n) is 1.00. The van der Waals surface area contributed by atoms with E-state index in [2.05, 4.69) is 15.6 Å². The van der Waals surface area contributed by atoms with E-state index in [-0.39, 0.29) is 19.0 Å². The second kappa shape index (κ2) is 6.06. The molecule has 0 spiro atoms. The molecular weight excluding hydrogens is 230 g/mol. The van der Waals surface area contributed by atoms with E-state index in [1.807, 2.05) is 6.92 Å². The number of aryl methyl sites for hydroxylation is 1. The smallest absolute Gasteiger partial charge is 0.315 e. The summed E-state index contributed by atoms with van der Waals surface area (Å²) < 4.78 is 0. The lowest BCUT2D eigenvalue weighted by molar-refractivity contribution is -0.136. The molecule has 0 radical (unpaired) electrons. The molecule has 6 nitrogen and oxygen atoms in total. The number of carboxylic acid groups (broad SMARTS) is 1. The molecule has 0 bridgehead atoms. The average molecular weight is 243 g/mol. The van der Waals surface area contributed by atoms with Gasteiger partial charge in [-0.2, -0.15) is 0 Å². The first-order valence-corrected chi connectivity index (χ1v) is 5.60. The number of aliphatic carboxylic acids is 1. The van der Waals surface area contributed by atoms with Crippen molar-refractivity contribution in [1.29, 1.82) is 0 Å². The molecule has 0 fully saturated rings. The normalized spacial score (nSPS) is 9.81. The molecule has 1 rings (SSSR count). The molecule has 0 aliphatic heterocycles. The van der Waals surface area contributed by atoms with Crippen LogP contribution in [0.1, 0.15) is 17.0 Å². The maximum absolute atomic E-state index is 11.2. The number of hydrogen-bond donors (Lipinski definition) is 3. The summed E-state index contributed by atoms with van der Waals surface area (Å²) in [4.78, 5) is 26.4. The minimum absolute atomic E-state index is 0.0764. The second-order valence-corrected chi connectivity index (χ2v) is 4.05. The minimum atomic E-state index is -0.932. The van der Waals surface area contributed by atoms with Gasteiger partial charge in [0.05, 0.1) is 24.2 Å². The first-order chi connectivity index (χ1) is 7.59. The zero-order valence-electron chi connectivity index (χ0n) is 8.82. The van der Waals surface area contributed by atoms with Crippen LogP contribution in [-0.4, -0.2) is 28.6 Å². The highest BCUT2D eigenvalue weighted by Crippen LogP contribution is 2.10. The number of amides is 2. The van der Waals surface area contributed by atoms with Crippen molar-refractivity contribution in [1.82, 2.24) is 15.6 Å². The average Bonchev–Trinajstić information content (AvgIpc) is 2.60. The van der Waals surface area contributed by atoms with E-state index in [1.165, 1.54) is 11.3 Å². The van der Waals surface area contributed by atoms with Gasteiger partial charge in [-0.3, -0.25) is 4.79 Å². The van der Waals surface area contributed by atoms with Crippen LogP contribution in [0.25, 0.3) is 0 Å². The number of carbonyl (C=O) groups is 2. The van der Waals surface area contributed by atoms with Crippen LogP contribution in [0.5, 0.6) is 0 Å². The number of hydrogen-bond acceptors (Lipinski definition) is 4. The van der Waals surface area contributed by atoms with E-state index in [0.29, 0.717) is 6.54 Å². The SMILES string of the molecule is Cc1ncsc1CNC(=O)NCCC(=O)O. The summed E-state index contributed by atoms with van der Waals surface area (Å²) in [7, 11) is 0. The quantitative estimate of drug-likeness (QED) is 0.710. The van der Waals surface area contributed by atoms with Crippen LogP contribution in [-0.2, 0) is 11.3 Å². The van der Waals surface area contributed by atoms with Crippen molar-refractivity contribution in [2.45, 2.75) is 19.9 Å². The largest absolute Gasteiger partial charge is 0.481 e. The van der Waals surface area contributed by atoms with Crippen molar-refractivity contribution in [3.63, 3.8) is 0 Å². The predicted octanol–water partition coefficient (Wildman–Crippen LogP) is 0.725. The highest BCUT2D eigenvalue weighted by molar-refractivity contribution is 7.09. The topological polar surface area (TPSA) is 91.3 Å². The molecule has 16 heavy (non-hydrogen) atoms. The zero-order valence-corrected chi connectivity index (χ0v) is 9.63. The minimum Gasteiger partial charge on any atom is -0.481 e. The molecule has 0 saturated heterocycles. The van der Waals surface area contributed by atoms with Gasteiger partial charge in [0.2, 0.25) is 0 Å². The van der Waals surface area contributed by atoms with Gasteiger partial charge in [0, 0.05) is 11.4 Å². The van der Waals surface area contributed by atoms with Crippen LogP contribution < -0.4 is 10.6 Å². The maximum Gasteiger partial charge on any atom is 0.315 e. The summed E-state index contributed by atoms with van der Waals surface area (Å²) in [5, 5.41) is 13.4. The molecule has 0 aliphatic carbocycles. The number of carboxylic acids is 1. The molecule has 3 N–H and O–H groups in total. The molecule has 1 heterocycles. The molecular formula is C9H13N3O3S. The number of aromatic nitrogens is 1. The van der Waals surface area contributed by atoms with Crippen LogP contribution in [0.2, 0.25) is 0 Å². The molecule has 1 aromatic heterocycles. The van der Waals surface area contributed by atoms with Gasteiger partial charge < -0.3 is 15.7 Å². The van der Waals surface area contributed by atoms with Gasteiger partial charge in [-0.1, -0.05) is 0 Å². The lowest BCUT2D eigenvalue weighted by Gasteiger charge is -2.05. The van der Waals surface area contributed by atoms with Crippen molar-refractivity contribution in [3.05, 3.63) is 16.1 Å². The Hall–Kier alpha value is -1.63. The van der Waals surface area contributed by atoms with Crippen molar-refractivity contribution in [2.24, 2.45) is 0 Å². The Morgan fingerprint density at radius 2 is 2.25 bits per heavy atom. The standard InChI is InChI=1S/C9H13N3O3S/c1-6-7(16-5-12-6)4-11-9(15)10-3-2-8(13)14/h5H,2-4H2,1H3,(H,13,14)(H2,10,11,15). The Balaban J connectivity index is 2.20. The fraction of sp³-hybridized carbons (Fsp3) is 0.444. The van der Waals surface area contributed by atoms with Gasteiger partial charge in [0.25, 0.3) is 0 Å². The summed E-state index contributed by atoms with van der Waals surface area (Å²) in [6, 6.07) is -0.367. The molecule has 0 aromatic carbocycles. The van der Waals surface area contributed by atoms with E-state index in [1.54, 1.807) is 5.51 Å². The van der Waals surface area contributed by atoms with E-state index in [4.69, 9.17) is 5.11 Å². The third-order valence-corrected chi connectivity index (χ3v) is 2.81. The van der Waals surface area contributed by atoms with Crippen LogP contribution in [0, 0.1) is 6.92 Å². The summed E-state index contributed by atoms with van der Waals surface area (Å²) in [5.41, 5.74) is 2.62. The number of rotatable bonds is 5. The van der Waals surface area contributed by atoms with Gasteiger partial charge in [-0.15, -0.1) is 11.3 Å². The Morgan fingerprint density at radius 3 is 2.81 bits per heavy atom. The lowest BCUT2D eigenvalue weighted by Crippen LogP contribution is -2.36. The van der Waals surface area contributed by atoms with Gasteiger partial charge in [0.1, 0.15) is 0 Å². The maximum atomic E-state index is 11.2. The molecule has 7 heteroatoms. The van der Waals surface area contributed by atoms with Gasteiger partial charge in [-0.05, 0) is 6.92 Å². The van der Waals surface area contributed by atoms with Crippen LogP contribution in [0.15, 0.2) is 5.51 Å². The van der Waals surface area contributed by atoms with Crippen molar-refractivity contribution < 1.29 is 14.7 Å².